The van der Waals surface area contributed by atoms with E-state index in [1.807, 2.05) is 20.8 Å². The van der Waals surface area contributed by atoms with Gasteiger partial charge in [0.15, 0.2) is 15.5 Å². The van der Waals surface area contributed by atoms with Gasteiger partial charge in [-0.3, -0.25) is 14.7 Å². The van der Waals surface area contributed by atoms with E-state index in [4.69, 9.17) is 0 Å². The Morgan fingerprint density at radius 2 is 2.12 bits per heavy atom. The highest BCUT2D eigenvalue weighted by Crippen LogP contribution is 2.23. The van der Waals surface area contributed by atoms with Gasteiger partial charge in [-0.1, -0.05) is 13.8 Å². The molecule has 0 saturated carbocycles. The number of hydrogen-bond donors (Lipinski definition) is 2. The van der Waals surface area contributed by atoms with Crippen molar-refractivity contribution in [3.63, 3.8) is 0 Å². The average molecular weight is 366 g/mol. The molecule has 25 heavy (non-hydrogen) atoms. The summed E-state index contributed by atoms with van der Waals surface area (Å²) < 4.78 is 24.5. The van der Waals surface area contributed by atoms with Gasteiger partial charge in [-0.15, -0.1) is 0 Å². The van der Waals surface area contributed by atoms with Crippen LogP contribution in [0.3, 0.4) is 0 Å². The minimum absolute atomic E-state index is 0.00338. The lowest BCUT2D eigenvalue weighted by molar-refractivity contribution is -0.125. The topological polar surface area (TPSA) is 113 Å². The van der Waals surface area contributed by atoms with E-state index in [1.165, 1.54) is 10.6 Å². The lowest BCUT2D eigenvalue weighted by atomic mass is 9.99. The van der Waals surface area contributed by atoms with E-state index in [0.29, 0.717) is 17.8 Å². The number of H-pyrrole nitrogens is 1. The highest BCUT2D eigenvalue weighted by atomic mass is 32.2. The minimum Gasteiger partial charge on any atom is -0.347 e. The predicted octanol–water partition coefficient (Wildman–Crippen LogP) is 0.579. The summed E-state index contributed by atoms with van der Waals surface area (Å²) in [5.74, 6) is -0.907. The van der Waals surface area contributed by atoms with Crippen molar-refractivity contribution in [2.75, 3.05) is 11.5 Å². The molecule has 1 aliphatic heterocycles. The molecule has 8 nitrogen and oxygen atoms in total. The van der Waals surface area contributed by atoms with Gasteiger partial charge < -0.3 is 5.32 Å². The van der Waals surface area contributed by atoms with Gasteiger partial charge in [-0.25, -0.2) is 17.9 Å². The molecule has 136 valence electrons. The third kappa shape index (κ3) is 3.60. The van der Waals surface area contributed by atoms with Crippen LogP contribution in [0.2, 0.25) is 0 Å². The number of carbonyl (C=O) groups excluding carboxylic acids is 1. The first-order valence-corrected chi connectivity index (χ1v) is 10.1. The Morgan fingerprint density at radius 1 is 1.40 bits per heavy atom. The van der Waals surface area contributed by atoms with Gasteiger partial charge in [0.25, 0.3) is 5.56 Å². The van der Waals surface area contributed by atoms with E-state index >= 15 is 0 Å². The summed E-state index contributed by atoms with van der Waals surface area (Å²) in [7, 11) is -3.13. The van der Waals surface area contributed by atoms with E-state index in [0.717, 1.165) is 5.69 Å². The Hall–Kier alpha value is -2.16. The number of rotatable bonds is 4. The fourth-order valence-corrected chi connectivity index (χ4v) is 4.89. The number of aryl methyl sites for hydroxylation is 1. The minimum atomic E-state index is -3.13. The van der Waals surface area contributed by atoms with Crippen LogP contribution in [0.4, 0.5) is 0 Å². The van der Waals surface area contributed by atoms with Crippen molar-refractivity contribution < 1.29 is 13.2 Å². The summed E-state index contributed by atoms with van der Waals surface area (Å²) in [6.45, 7) is 5.67. The summed E-state index contributed by atoms with van der Waals surface area (Å²) in [5, 5.41) is 5.79. The summed E-state index contributed by atoms with van der Waals surface area (Å²) >= 11 is 0. The van der Waals surface area contributed by atoms with Crippen molar-refractivity contribution in [1.82, 2.24) is 19.9 Å². The molecule has 1 saturated heterocycles. The van der Waals surface area contributed by atoms with Gasteiger partial charge in [0.2, 0.25) is 5.91 Å². The molecule has 2 aromatic heterocycles. The normalized spacial score (nSPS) is 20.9. The maximum Gasteiger partial charge on any atom is 0.272 e. The van der Waals surface area contributed by atoms with E-state index in [9.17, 15) is 18.0 Å². The molecule has 0 bridgehead atoms. The summed E-state index contributed by atoms with van der Waals surface area (Å²) in [6, 6.07) is 2.70. The lowest BCUT2D eigenvalue weighted by Crippen LogP contribution is -2.37. The zero-order chi connectivity index (χ0) is 18.4. The van der Waals surface area contributed by atoms with Crippen LogP contribution in [0.15, 0.2) is 16.9 Å². The molecule has 1 fully saturated rings. The number of sulfone groups is 1. The van der Waals surface area contributed by atoms with Gasteiger partial charge in [-0.05, 0) is 19.3 Å². The van der Waals surface area contributed by atoms with Gasteiger partial charge in [0, 0.05) is 17.8 Å². The Morgan fingerprint density at radius 3 is 2.72 bits per heavy atom. The van der Waals surface area contributed by atoms with Crippen LogP contribution >= 0.6 is 0 Å². The molecule has 3 rings (SSSR count). The average Bonchev–Trinajstić information content (AvgIpc) is 3.06. The second-order valence-electron chi connectivity index (χ2n) is 6.98. The number of aromatic nitrogens is 3. The van der Waals surface area contributed by atoms with Gasteiger partial charge >= 0.3 is 0 Å². The van der Waals surface area contributed by atoms with Crippen LogP contribution in [0, 0.1) is 18.8 Å². The van der Waals surface area contributed by atoms with Gasteiger partial charge in [0.05, 0.1) is 29.2 Å². The standard InChI is InChI=1S/C16H22N4O4S/c1-9(2)15(18-16(22)11-4-5-25(23,24)8-11)12-7-14(21)20-13(17-12)6-10(3)19-20/h6-7,9,11,15,19H,4-5,8H2,1-3H3,(H,18,22)/t11-,15-/m1/s1. The number of nitrogens with one attached hydrogen (secondary N) is 2. The second-order valence-corrected chi connectivity index (χ2v) is 9.21. The lowest BCUT2D eigenvalue weighted by Gasteiger charge is -2.23. The maximum atomic E-state index is 12.5. The quantitative estimate of drug-likeness (QED) is 0.822. The van der Waals surface area contributed by atoms with E-state index < -0.39 is 21.8 Å². The Labute approximate surface area is 145 Å². The van der Waals surface area contributed by atoms with Crippen LogP contribution in [0.25, 0.3) is 5.65 Å². The summed E-state index contributed by atoms with van der Waals surface area (Å²) in [5.41, 5.74) is 1.52. The van der Waals surface area contributed by atoms with Crippen LogP contribution in [0.1, 0.15) is 37.7 Å². The van der Waals surface area contributed by atoms with Crippen LogP contribution in [-0.4, -0.2) is 40.4 Å². The van der Waals surface area contributed by atoms with Crippen LogP contribution in [0.5, 0.6) is 0 Å². The smallest absolute Gasteiger partial charge is 0.272 e. The van der Waals surface area contributed by atoms with Gasteiger partial charge in [0.1, 0.15) is 0 Å². The molecule has 3 heterocycles. The Bertz CT molecular complexity index is 974. The largest absolute Gasteiger partial charge is 0.347 e. The van der Waals surface area contributed by atoms with Gasteiger partial charge in [-0.2, -0.15) is 0 Å². The third-order valence-electron chi connectivity index (χ3n) is 4.48. The van der Waals surface area contributed by atoms with Crippen LogP contribution < -0.4 is 10.9 Å². The zero-order valence-corrected chi connectivity index (χ0v) is 15.3. The molecule has 2 aromatic rings. The molecular weight excluding hydrogens is 344 g/mol. The van der Waals surface area contributed by atoms with E-state index in [-0.39, 0.29) is 28.9 Å². The van der Waals surface area contributed by atoms with Crippen molar-refractivity contribution >= 4 is 21.4 Å². The molecule has 1 amide bonds. The van der Waals surface area contributed by atoms with E-state index in [1.54, 1.807) is 6.07 Å². The fraction of sp³-hybridized carbons (Fsp3) is 0.562. The highest BCUT2D eigenvalue weighted by Gasteiger charge is 2.34. The summed E-state index contributed by atoms with van der Waals surface area (Å²) in [4.78, 5) is 29.2. The van der Waals surface area contributed by atoms with Crippen molar-refractivity contribution in [3.8, 4) is 0 Å². The van der Waals surface area contributed by atoms with Crippen molar-refractivity contribution in [2.24, 2.45) is 11.8 Å². The Balaban J connectivity index is 1.89. The number of carbonyl (C=O) groups is 1. The highest BCUT2D eigenvalue weighted by molar-refractivity contribution is 7.91. The van der Waals surface area contributed by atoms with Crippen molar-refractivity contribution in [3.05, 3.63) is 33.9 Å². The third-order valence-corrected chi connectivity index (χ3v) is 6.25. The van der Waals surface area contributed by atoms with Crippen LogP contribution in [-0.2, 0) is 14.6 Å². The molecule has 0 unspecified atom stereocenters. The molecular formula is C16H22N4O4S. The van der Waals surface area contributed by atoms with E-state index in [2.05, 4.69) is 15.4 Å². The molecule has 0 aromatic carbocycles. The molecule has 0 spiro atoms. The van der Waals surface area contributed by atoms with Crippen molar-refractivity contribution in [2.45, 2.75) is 33.2 Å². The summed E-state index contributed by atoms with van der Waals surface area (Å²) in [6.07, 6.45) is 0.338. The molecule has 1 aliphatic rings. The number of hydrogen-bond acceptors (Lipinski definition) is 5. The first-order chi connectivity index (χ1) is 11.7. The zero-order valence-electron chi connectivity index (χ0n) is 14.4. The number of amides is 1. The second kappa shape index (κ2) is 6.29. The molecule has 2 N–H and O–H groups in total. The molecule has 9 heteroatoms. The molecule has 2 atom stereocenters. The predicted molar refractivity (Wildman–Crippen MR) is 93.0 cm³/mol. The monoisotopic (exact) mass is 366 g/mol. The SMILES string of the molecule is Cc1cc2nc([C@H](NC(=O)[C@@H]3CCS(=O)(=O)C3)C(C)C)cc(=O)n2[nH]1. The first kappa shape index (κ1) is 17.7. The Kier molecular flexibility index (Phi) is 4.44. The van der Waals surface area contributed by atoms with Crippen molar-refractivity contribution in [1.29, 1.82) is 0 Å². The number of fused-ring (bicyclic) bond motifs is 1. The molecule has 0 radical (unpaired) electrons. The number of nitrogens with zero attached hydrogens (tertiary/aromatic N) is 2. The maximum absolute atomic E-state index is 12.5. The molecule has 0 aliphatic carbocycles. The number of aromatic amines is 1. The first-order valence-electron chi connectivity index (χ1n) is 8.26. The fourth-order valence-electron chi connectivity index (χ4n) is 3.14.